The van der Waals surface area contributed by atoms with Crippen LogP contribution in [0.3, 0.4) is 0 Å². The number of hydrogen-bond donors (Lipinski definition) is 2. The zero-order valence-electron chi connectivity index (χ0n) is 11.0. The maximum absolute atomic E-state index is 11.7. The lowest BCUT2D eigenvalue weighted by molar-refractivity contribution is 0.0956. The van der Waals surface area contributed by atoms with E-state index < -0.39 is 0 Å². The van der Waals surface area contributed by atoms with Gasteiger partial charge in [0.15, 0.2) is 0 Å². The van der Waals surface area contributed by atoms with Crippen molar-refractivity contribution in [2.45, 2.75) is 26.3 Å². The van der Waals surface area contributed by atoms with Crippen LogP contribution in [0.2, 0.25) is 0 Å². The third kappa shape index (κ3) is 3.19. The lowest BCUT2D eigenvalue weighted by atomic mass is 10.1. The predicted molar refractivity (Wildman–Crippen MR) is 78.5 cm³/mol. The number of hydrogen-bond acceptors (Lipinski definition) is 3. The van der Waals surface area contributed by atoms with Crippen molar-refractivity contribution in [1.82, 2.24) is 5.32 Å². The van der Waals surface area contributed by atoms with Crippen LogP contribution in [0, 0.1) is 6.92 Å². The highest BCUT2D eigenvalue weighted by Gasteiger charge is 2.16. The number of aryl methyl sites for hydroxylation is 1. The van der Waals surface area contributed by atoms with Gasteiger partial charge in [0.05, 0.1) is 0 Å². The van der Waals surface area contributed by atoms with Crippen LogP contribution in [-0.2, 0) is 0 Å². The Bertz CT molecular complexity index is 428. The molecule has 1 aromatic carbocycles. The summed E-state index contributed by atoms with van der Waals surface area (Å²) >= 11 is 2.00. The van der Waals surface area contributed by atoms with Crippen LogP contribution in [0.25, 0.3) is 0 Å². The number of amides is 1. The highest BCUT2D eigenvalue weighted by atomic mass is 32.2. The van der Waals surface area contributed by atoms with Crippen LogP contribution in [-0.4, -0.2) is 30.0 Å². The molecule has 1 heterocycles. The van der Waals surface area contributed by atoms with Gasteiger partial charge in [0.2, 0.25) is 0 Å². The van der Waals surface area contributed by atoms with E-state index in [1.807, 2.05) is 43.8 Å². The molecule has 0 spiro atoms. The molecule has 0 aromatic heterocycles. The van der Waals surface area contributed by atoms with Gasteiger partial charge in [-0.05, 0) is 49.8 Å². The Balaban J connectivity index is 2.06. The van der Waals surface area contributed by atoms with Crippen molar-refractivity contribution in [2.75, 3.05) is 23.4 Å². The van der Waals surface area contributed by atoms with Crippen molar-refractivity contribution in [3.63, 3.8) is 0 Å². The molecule has 18 heavy (non-hydrogen) atoms. The van der Waals surface area contributed by atoms with E-state index in [2.05, 4.69) is 10.6 Å². The summed E-state index contributed by atoms with van der Waals surface area (Å²) < 4.78 is 0. The minimum absolute atomic E-state index is 0.00331. The largest absolute Gasteiger partial charge is 0.381 e. The van der Waals surface area contributed by atoms with Crippen molar-refractivity contribution in [3.8, 4) is 0 Å². The van der Waals surface area contributed by atoms with Crippen molar-refractivity contribution < 1.29 is 4.79 Å². The van der Waals surface area contributed by atoms with Crippen LogP contribution < -0.4 is 10.6 Å². The van der Waals surface area contributed by atoms with Gasteiger partial charge < -0.3 is 10.6 Å². The molecule has 1 fully saturated rings. The van der Waals surface area contributed by atoms with E-state index in [9.17, 15) is 4.79 Å². The zero-order valence-corrected chi connectivity index (χ0v) is 11.8. The third-order valence-electron chi connectivity index (χ3n) is 3.12. The number of rotatable bonds is 4. The van der Waals surface area contributed by atoms with Crippen LogP contribution in [0.5, 0.6) is 0 Å². The summed E-state index contributed by atoms with van der Waals surface area (Å²) in [6.07, 6.45) is 1.22. The van der Waals surface area contributed by atoms with E-state index in [0.29, 0.717) is 12.6 Å². The molecule has 1 aliphatic rings. The van der Waals surface area contributed by atoms with Gasteiger partial charge in [0, 0.05) is 29.6 Å². The Morgan fingerprint density at radius 1 is 1.50 bits per heavy atom. The standard InChI is InChI=1S/C14H20N2OS/c1-3-15-14(17)11-4-5-13(10(2)8-11)16-12-6-7-18-9-12/h4-5,8,12,16H,3,6-7,9H2,1-2H3,(H,15,17). The fourth-order valence-electron chi connectivity index (χ4n) is 2.10. The smallest absolute Gasteiger partial charge is 0.251 e. The summed E-state index contributed by atoms with van der Waals surface area (Å²) in [4.78, 5) is 11.7. The minimum Gasteiger partial charge on any atom is -0.381 e. The summed E-state index contributed by atoms with van der Waals surface area (Å²) in [6, 6.07) is 6.44. The Labute approximate surface area is 113 Å². The summed E-state index contributed by atoms with van der Waals surface area (Å²) in [5.74, 6) is 2.43. The fourth-order valence-corrected chi connectivity index (χ4v) is 3.25. The second kappa shape index (κ2) is 6.14. The lowest BCUT2D eigenvalue weighted by Crippen LogP contribution is -2.23. The maximum atomic E-state index is 11.7. The average Bonchev–Trinajstić information content (AvgIpc) is 2.85. The summed E-state index contributed by atoms with van der Waals surface area (Å²) in [6.45, 7) is 4.64. The third-order valence-corrected chi connectivity index (χ3v) is 4.28. The van der Waals surface area contributed by atoms with Gasteiger partial charge in [-0.1, -0.05) is 0 Å². The Morgan fingerprint density at radius 3 is 2.94 bits per heavy atom. The maximum Gasteiger partial charge on any atom is 0.251 e. The van der Waals surface area contributed by atoms with E-state index in [1.54, 1.807) is 0 Å². The van der Waals surface area contributed by atoms with Gasteiger partial charge >= 0.3 is 0 Å². The van der Waals surface area contributed by atoms with Crippen molar-refractivity contribution >= 4 is 23.4 Å². The van der Waals surface area contributed by atoms with Gasteiger partial charge in [-0.15, -0.1) is 0 Å². The number of nitrogens with one attached hydrogen (secondary N) is 2. The molecule has 0 aliphatic carbocycles. The number of benzene rings is 1. The fraction of sp³-hybridized carbons (Fsp3) is 0.500. The van der Waals surface area contributed by atoms with Gasteiger partial charge in [0.25, 0.3) is 5.91 Å². The first-order valence-corrected chi connectivity index (χ1v) is 7.59. The van der Waals surface area contributed by atoms with Crippen LogP contribution in [0.15, 0.2) is 18.2 Å². The van der Waals surface area contributed by atoms with Crippen LogP contribution >= 0.6 is 11.8 Å². The Kier molecular flexibility index (Phi) is 4.53. The molecule has 1 aromatic rings. The van der Waals surface area contributed by atoms with Gasteiger partial charge in [-0.3, -0.25) is 4.79 Å². The number of thioether (sulfide) groups is 1. The Morgan fingerprint density at radius 2 is 2.33 bits per heavy atom. The molecule has 1 saturated heterocycles. The lowest BCUT2D eigenvalue weighted by Gasteiger charge is -2.15. The molecule has 2 rings (SSSR count). The molecular weight excluding hydrogens is 244 g/mol. The van der Waals surface area contributed by atoms with Gasteiger partial charge in [0.1, 0.15) is 0 Å². The first kappa shape index (κ1) is 13.3. The van der Waals surface area contributed by atoms with Crippen molar-refractivity contribution in [1.29, 1.82) is 0 Å². The summed E-state index contributed by atoms with van der Waals surface area (Å²) in [5, 5.41) is 6.37. The molecule has 1 atom stereocenters. The highest BCUT2D eigenvalue weighted by molar-refractivity contribution is 7.99. The molecule has 1 aliphatic heterocycles. The first-order chi connectivity index (χ1) is 8.70. The van der Waals surface area contributed by atoms with Gasteiger partial charge in [-0.2, -0.15) is 11.8 Å². The molecular formula is C14H20N2OS. The SMILES string of the molecule is CCNC(=O)c1ccc(NC2CCSC2)c(C)c1. The molecule has 0 radical (unpaired) electrons. The summed E-state index contributed by atoms with van der Waals surface area (Å²) in [7, 11) is 0. The van der Waals surface area contributed by atoms with Crippen molar-refractivity contribution in [2.24, 2.45) is 0 Å². The number of carbonyl (C=O) groups excluding carboxylic acids is 1. The predicted octanol–water partition coefficient (Wildman–Crippen LogP) is 2.66. The molecule has 98 valence electrons. The number of anilines is 1. The topological polar surface area (TPSA) is 41.1 Å². The Hall–Kier alpha value is -1.16. The average molecular weight is 264 g/mol. The molecule has 1 unspecified atom stereocenters. The molecule has 3 nitrogen and oxygen atoms in total. The molecule has 4 heteroatoms. The highest BCUT2D eigenvalue weighted by Crippen LogP contribution is 2.24. The van der Waals surface area contributed by atoms with E-state index in [1.165, 1.54) is 17.9 Å². The normalized spacial score (nSPS) is 18.7. The van der Waals surface area contributed by atoms with Crippen LogP contribution in [0.4, 0.5) is 5.69 Å². The minimum atomic E-state index is 0.00331. The molecule has 0 bridgehead atoms. The summed E-state index contributed by atoms with van der Waals surface area (Å²) in [5.41, 5.74) is 3.02. The molecule has 0 saturated carbocycles. The van der Waals surface area contributed by atoms with Crippen LogP contribution in [0.1, 0.15) is 29.3 Å². The monoisotopic (exact) mass is 264 g/mol. The molecule has 1 amide bonds. The van der Waals surface area contributed by atoms with E-state index in [-0.39, 0.29) is 5.91 Å². The van der Waals surface area contributed by atoms with Crippen molar-refractivity contribution in [3.05, 3.63) is 29.3 Å². The van der Waals surface area contributed by atoms with Gasteiger partial charge in [-0.25, -0.2) is 0 Å². The van der Waals surface area contributed by atoms with E-state index >= 15 is 0 Å². The zero-order chi connectivity index (χ0) is 13.0. The van der Waals surface area contributed by atoms with E-state index in [4.69, 9.17) is 0 Å². The molecule has 2 N–H and O–H groups in total. The second-order valence-corrected chi connectivity index (χ2v) is 5.74. The quantitative estimate of drug-likeness (QED) is 0.878. The second-order valence-electron chi connectivity index (χ2n) is 4.59. The first-order valence-electron chi connectivity index (χ1n) is 6.44. The number of carbonyl (C=O) groups is 1. The van der Waals surface area contributed by atoms with E-state index in [0.717, 1.165) is 16.8 Å².